The third-order valence-corrected chi connectivity index (χ3v) is 2.75. The van der Waals surface area contributed by atoms with Crippen LogP contribution >= 0.6 is 11.3 Å². The molecule has 7 heteroatoms. The topological polar surface area (TPSA) is 82.3 Å². The normalized spacial score (nSPS) is 21.4. The van der Waals surface area contributed by atoms with Crippen molar-refractivity contribution in [2.24, 2.45) is 5.84 Å². The number of nitrogens with one attached hydrogen (secondary N) is 1. The van der Waals surface area contributed by atoms with Crippen LogP contribution in [-0.2, 0) is 16.1 Å². The summed E-state index contributed by atoms with van der Waals surface area (Å²) in [4.78, 5) is 0. The molecule has 0 bridgehead atoms. The van der Waals surface area contributed by atoms with Crippen LogP contribution < -0.4 is 11.3 Å². The number of aromatic nitrogens is 2. The summed E-state index contributed by atoms with van der Waals surface area (Å²) in [6, 6.07) is 0. The molecule has 0 aromatic carbocycles. The molecular weight excluding hydrogens is 204 g/mol. The summed E-state index contributed by atoms with van der Waals surface area (Å²) in [5.74, 6) is 5.18. The molecule has 78 valence electrons. The smallest absolute Gasteiger partial charge is 0.219 e. The average molecular weight is 216 g/mol. The molecule has 1 aliphatic rings. The Morgan fingerprint density at radius 2 is 2.57 bits per heavy atom. The number of hydrogen-bond acceptors (Lipinski definition) is 7. The van der Waals surface area contributed by atoms with Gasteiger partial charge in [0, 0.05) is 6.61 Å². The largest absolute Gasteiger partial charge is 0.379 e. The van der Waals surface area contributed by atoms with Crippen LogP contribution in [0.4, 0.5) is 5.13 Å². The Morgan fingerprint density at radius 1 is 1.64 bits per heavy atom. The number of nitrogens with two attached hydrogens (primary N) is 1. The van der Waals surface area contributed by atoms with E-state index >= 15 is 0 Å². The molecule has 0 radical (unpaired) electrons. The maximum absolute atomic E-state index is 5.56. The van der Waals surface area contributed by atoms with Crippen molar-refractivity contribution in [3.63, 3.8) is 0 Å². The molecule has 0 aliphatic carbocycles. The second-order valence-corrected chi connectivity index (χ2v) is 4.00. The summed E-state index contributed by atoms with van der Waals surface area (Å²) in [7, 11) is 0. The van der Waals surface area contributed by atoms with Gasteiger partial charge in [0.1, 0.15) is 11.6 Å². The summed E-state index contributed by atoms with van der Waals surface area (Å²) < 4.78 is 10.7. The Kier molecular flexibility index (Phi) is 3.25. The number of nitrogens with zero attached hydrogens (tertiary/aromatic N) is 2. The number of hydrogen-bond donors (Lipinski definition) is 2. The minimum atomic E-state index is 0.202. The first-order valence-corrected chi connectivity index (χ1v) is 5.18. The Bertz CT molecular complexity index is 287. The van der Waals surface area contributed by atoms with Crippen LogP contribution in [0.1, 0.15) is 11.4 Å². The van der Waals surface area contributed by atoms with Gasteiger partial charge in [-0.05, 0) is 6.42 Å². The van der Waals surface area contributed by atoms with Crippen molar-refractivity contribution in [1.82, 2.24) is 10.2 Å². The molecule has 1 atom stereocenters. The van der Waals surface area contributed by atoms with Gasteiger partial charge in [-0.15, -0.1) is 10.2 Å². The van der Waals surface area contributed by atoms with Gasteiger partial charge in [-0.3, -0.25) is 5.43 Å². The van der Waals surface area contributed by atoms with Gasteiger partial charge in [-0.1, -0.05) is 11.3 Å². The zero-order valence-electron chi connectivity index (χ0n) is 7.60. The highest BCUT2D eigenvalue weighted by Gasteiger charge is 2.16. The van der Waals surface area contributed by atoms with Gasteiger partial charge in [0.05, 0.1) is 12.7 Å². The first kappa shape index (κ1) is 9.78. The summed E-state index contributed by atoms with van der Waals surface area (Å²) in [6.07, 6.45) is 1.16. The number of nitrogen functional groups attached to an aromatic ring is 1. The standard InChI is InChI=1S/C7H12N4O2S/c8-9-7-11-10-6(14-7)4-13-5-1-2-12-3-5/h5H,1-4,8H2,(H,9,11). The lowest BCUT2D eigenvalue weighted by Gasteiger charge is -2.06. The van der Waals surface area contributed by atoms with E-state index in [9.17, 15) is 0 Å². The van der Waals surface area contributed by atoms with Crippen molar-refractivity contribution in [2.45, 2.75) is 19.1 Å². The Morgan fingerprint density at radius 3 is 3.21 bits per heavy atom. The fourth-order valence-corrected chi connectivity index (χ4v) is 1.78. The van der Waals surface area contributed by atoms with Crippen molar-refractivity contribution in [3.05, 3.63) is 5.01 Å². The van der Waals surface area contributed by atoms with E-state index in [4.69, 9.17) is 15.3 Å². The van der Waals surface area contributed by atoms with Crippen LogP contribution in [0.2, 0.25) is 0 Å². The molecule has 1 saturated heterocycles. The van der Waals surface area contributed by atoms with Gasteiger partial charge in [0.15, 0.2) is 0 Å². The van der Waals surface area contributed by atoms with Crippen molar-refractivity contribution >= 4 is 16.5 Å². The second-order valence-electron chi connectivity index (χ2n) is 2.94. The number of anilines is 1. The quantitative estimate of drug-likeness (QED) is 0.550. The Labute approximate surface area is 85.4 Å². The predicted molar refractivity (Wildman–Crippen MR) is 51.7 cm³/mol. The SMILES string of the molecule is NNc1nnc(COC2CCOC2)s1. The van der Waals surface area contributed by atoms with E-state index in [0.717, 1.165) is 18.0 Å². The Balaban J connectivity index is 1.79. The molecule has 0 amide bonds. The molecule has 1 aliphatic heterocycles. The summed E-state index contributed by atoms with van der Waals surface area (Å²) in [5, 5.41) is 9.14. The van der Waals surface area contributed by atoms with Crippen LogP contribution in [0.25, 0.3) is 0 Å². The maximum Gasteiger partial charge on any atom is 0.219 e. The van der Waals surface area contributed by atoms with E-state index < -0.39 is 0 Å². The van der Waals surface area contributed by atoms with E-state index in [1.165, 1.54) is 11.3 Å². The molecule has 6 nitrogen and oxygen atoms in total. The van der Waals surface area contributed by atoms with Gasteiger partial charge >= 0.3 is 0 Å². The molecule has 1 fully saturated rings. The highest BCUT2D eigenvalue weighted by Crippen LogP contribution is 2.16. The maximum atomic E-state index is 5.56. The molecule has 0 saturated carbocycles. The zero-order chi connectivity index (χ0) is 9.80. The molecule has 2 rings (SSSR count). The van der Waals surface area contributed by atoms with E-state index in [1.54, 1.807) is 0 Å². The molecular formula is C7H12N4O2S. The van der Waals surface area contributed by atoms with Crippen LogP contribution in [0, 0.1) is 0 Å². The van der Waals surface area contributed by atoms with Crippen LogP contribution in [0.15, 0.2) is 0 Å². The number of hydrazine groups is 1. The van der Waals surface area contributed by atoms with E-state index in [-0.39, 0.29) is 6.10 Å². The minimum Gasteiger partial charge on any atom is -0.379 e. The van der Waals surface area contributed by atoms with Gasteiger partial charge in [-0.2, -0.15) is 0 Å². The molecule has 0 spiro atoms. The van der Waals surface area contributed by atoms with Crippen LogP contribution in [0.5, 0.6) is 0 Å². The first-order valence-electron chi connectivity index (χ1n) is 4.37. The van der Waals surface area contributed by atoms with Crippen LogP contribution in [0.3, 0.4) is 0 Å². The molecule has 14 heavy (non-hydrogen) atoms. The molecule has 1 aromatic heterocycles. The molecule has 1 unspecified atom stereocenters. The first-order chi connectivity index (χ1) is 6.88. The summed E-state index contributed by atoms with van der Waals surface area (Å²) in [5.41, 5.74) is 2.44. The van der Waals surface area contributed by atoms with Crippen molar-refractivity contribution in [3.8, 4) is 0 Å². The summed E-state index contributed by atoms with van der Waals surface area (Å²) >= 11 is 1.39. The highest BCUT2D eigenvalue weighted by atomic mass is 32.1. The predicted octanol–water partition coefficient (Wildman–Crippen LogP) is 0.129. The van der Waals surface area contributed by atoms with E-state index in [0.29, 0.717) is 18.3 Å². The monoisotopic (exact) mass is 216 g/mol. The lowest BCUT2D eigenvalue weighted by Crippen LogP contribution is -2.11. The van der Waals surface area contributed by atoms with Crippen molar-refractivity contribution in [1.29, 1.82) is 0 Å². The lowest BCUT2D eigenvalue weighted by atomic mass is 10.3. The van der Waals surface area contributed by atoms with Crippen molar-refractivity contribution < 1.29 is 9.47 Å². The second kappa shape index (κ2) is 4.65. The fraction of sp³-hybridized carbons (Fsp3) is 0.714. The van der Waals surface area contributed by atoms with Crippen molar-refractivity contribution in [2.75, 3.05) is 18.6 Å². The molecule has 1 aromatic rings. The average Bonchev–Trinajstić information content (AvgIpc) is 2.86. The Hall–Kier alpha value is -0.760. The third kappa shape index (κ3) is 2.38. The zero-order valence-corrected chi connectivity index (χ0v) is 8.42. The number of ether oxygens (including phenoxy) is 2. The van der Waals surface area contributed by atoms with Gasteiger partial charge in [0.2, 0.25) is 5.13 Å². The van der Waals surface area contributed by atoms with Gasteiger partial charge in [0.25, 0.3) is 0 Å². The molecule has 2 heterocycles. The molecule has 3 N–H and O–H groups in total. The lowest BCUT2D eigenvalue weighted by molar-refractivity contribution is 0.0314. The highest BCUT2D eigenvalue weighted by molar-refractivity contribution is 7.15. The third-order valence-electron chi connectivity index (χ3n) is 1.92. The number of rotatable bonds is 4. The van der Waals surface area contributed by atoms with E-state index in [2.05, 4.69) is 15.6 Å². The van der Waals surface area contributed by atoms with Gasteiger partial charge < -0.3 is 9.47 Å². The fourth-order valence-electron chi connectivity index (χ4n) is 1.20. The minimum absolute atomic E-state index is 0.202. The van der Waals surface area contributed by atoms with Crippen LogP contribution in [-0.4, -0.2) is 29.5 Å². The summed E-state index contributed by atoms with van der Waals surface area (Å²) in [6.45, 7) is 1.95. The van der Waals surface area contributed by atoms with E-state index in [1.807, 2.05) is 0 Å². The van der Waals surface area contributed by atoms with Gasteiger partial charge in [-0.25, -0.2) is 5.84 Å².